The van der Waals surface area contributed by atoms with Gasteiger partial charge in [0, 0.05) is 11.3 Å². The van der Waals surface area contributed by atoms with Crippen molar-refractivity contribution in [1.29, 1.82) is 0 Å². The molecule has 182 valence electrons. The molecule has 0 radical (unpaired) electrons. The minimum Gasteiger partial charge on any atom is -0.507 e. The van der Waals surface area contributed by atoms with E-state index in [1.54, 1.807) is 68.6 Å². The Bertz CT molecular complexity index is 1290. The molecule has 1 aliphatic heterocycles. The smallest absolute Gasteiger partial charge is 0.300 e. The molecule has 1 unspecified atom stereocenters. The van der Waals surface area contributed by atoms with E-state index in [1.807, 2.05) is 20.8 Å². The highest BCUT2D eigenvalue weighted by Gasteiger charge is 2.48. The molecule has 0 saturated carbocycles. The second-order valence-electron chi connectivity index (χ2n) is 8.66. The summed E-state index contributed by atoms with van der Waals surface area (Å²) in [5.74, 6) is 0.679. The summed E-state index contributed by atoms with van der Waals surface area (Å²) in [5, 5.41) is 11.4. The number of amides is 1. The standard InChI is InChI=1S/C28H29NO6/c1-6-34-20-11-9-19(10-12-20)29-25(23-13-7-17(4)35-23)24(27(31)28(29)32)26(30)18-8-14-22(33-5)21(15-18)16(2)3/h7-16,25,30H,6H2,1-5H3/b26-24-. The Morgan fingerprint density at radius 2 is 1.80 bits per heavy atom. The topological polar surface area (TPSA) is 89.2 Å². The fraction of sp³-hybridized carbons (Fsp3) is 0.286. The SMILES string of the molecule is CCOc1ccc(N2C(=O)C(=O)/C(=C(\O)c3ccc(OC)c(C(C)C)c3)C2c2ccc(C)o2)cc1. The third-order valence-electron chi connectivity index (χ3n) is 6.03. The van der Waals surface area contributed by atoms with Crippen LogP contribution in [0.5, 0.6) is 11.5 Å². The van der Waals surface area contributed by atoms with Gasteiger partial charge in [-0.25, -0.2) is 0 Å². The summed E-state index contributed by atoms with van der Waals surface area (Å²) in [6.45, 7) is 8.20. The zero-order chi connectivity index (χ0) is 25.3. The maximum atomic E-state index is 13.3. The molecule has 3 aromatic rings. The van der Waals surface area contributed by atoms with Gasteiger partial charge in [-0.05, 0) is 79.9 Å². The molecular formula is C28H29NO6. The van der Waals surface area contributed by atoms with Gasteiger partial charge >= 0.3 is 0 Å². The quantitative estimate of drug-likeness (QED) is 0.266. The van der Waals surface area contributed by atoms with Crippen molar-refractivity contribution >= 4 is 23.1 Å². The van der Waals surface area contributed by atoms with Gasteiger partial charge in [-0.2, -0.15) is 0 Å². The van der Waals surface area contributed by atoms with Crippen molar-refractivity contribution in [2.45, 2.75) is 39.7 Å². The monoisotopic (exact) mass is 475 g/mol. The maximum absolute atomic E-state index is 13.3. The Labute approximate surface area is 204 Å². The molecule has 1 N–H and O–H groups in total. The van der Waals surface area contributed by atoms with Gasteiger partial charge in [-0.15, -0.1) is 0 Å². The van der Waals surface area contributed by atoms with E-state index >= 15 is 0 Å². The Morgan fingerprint density at radius 1 is 1.09 bits per heavy atom. The van der Waals surface area contributed by atoms with Crippen LogP contribution in [0.3, 0.4) is 0 Å². The van der Waals surface area contributed by atoms with Crippen LogP contribution in [0.4, 0.5) is 5.69 Å². The number of hydrogen-bond acceptors (Lipinski definition) is 6. The average Bonchev–Trinajstić information content (AvgIpc) is 3.39. The normalized spacial score (nSPS) is 17.3. The minimum atomic E-state index is -0.925. The number of ketones is 1. The summed E-state index contributed by atoms with van der Waals surface area (Å²) in [6, 6.07) is 14.7. The van der Waals surface area contributed by atoms with Gasteiger partial charge in [0.1, 0.15) is 34.8 Å². The van der Waals surface area contributed by atoms with E-state index in [0.29, 0.717) is 40.9 Å². The molecule has 7 nitrogen and oxygen atoms in total. The van der Waals surface area contributed by atoms with E-state index in [1.165, 1.54) is 4.90 Å². The number of aliphatic hydroxyl groups excluding tert-OH is 1. The van der Waals surface area contributed by atoms with Crippen LogP contribution in [0.25, 0.3) is 5.76 Å². The number of carbonyl (C=O) groups is 2. The lowest BCUT2D eigenvalue weighted by atomic mass is 9.95. The Balaban J connectivity index is 1.88. The number of ether oxygens (including phenoxy) is 2. The summed E-state index contributed by atoms with van der Waals surface area (Å²) < 4.78 is 16.8. The molecule has 1 saturated heterocycles. The van der Waals surface area contributed by atoms with Crippen molar-refractivity contribution in [3.8, 4) is 11.5 Å². The van der Waals surface area contributed by atoms with Crippen molar-refractivity contribution < 1.29 is 28.6 Å². The Hall–Kier alpha value is -4.00. The van der Waals surface area contributed by atoms with Crippen molar-refractivity contribution in [3.63, 3.8) is 0 Å². The van der Waals surface area contributed by atoms with Gasteiger partial charge < -0.3 is 19.0 Å². The Morgan fingerprint density at radius 3 is 2.37 bits per heavy atom. The lowest BCUT2D eigenvalue weighted by Gasteiger charge is -2.23. The van der Waals surface area contributed by atoms with Gasteiger partial charge in [0.05, 0.1) is 19.3 Å². The predicted octanol–water partition coefficient (Wildman–Crippen LogP) is 5.75. The molecule has 1 atom stereocenters. The molecular weight excluding hydrogens is 446 g/mol. The molecule has 2 aromatic carbocycles. The molecule has 1 aliphatic rings. The zero-order valence-electron chi connectivity index (χ0n) is 20.5. The maximum Gasteiger partial charge on any atom is 0.300 e. The highest BCUT2D eigenvalue weighted by atomic mass is 16.5. The molecule has 1 fully saturated rings. The molecule has 4 rings (SSSR count). The fourth-order valence-corrected chi connectivity index (χ4v) is 4.33. The molecule has 0 spiro atoms. The number of benzene rings is 2. The minimum absolute atomic E-state index is 0.0295. The molecule has 0 bridgehead atoms. The third-order valence-corrected chi connectivity index (χ3v) is 6.03. The summed E-state index contributed by atoms with van der Waals surface area (Å²) in [6.07, 6.45) is 0. The first-order valence-corrected chi connectivity index (χ1v) is 11.5. The summed E-state index contributed by atoms with van der Waals surface area (Å²) in [4.78, 5) is 27.9. The van der Waals surface area contributed by atoms with Crippen LogP contribution in [0.15, 0.2) is 64.6 Å². The van der Waals surface area contributed by atoms with Gasteiger partial charge in [-0.1, -0.05) is 13.8 Å². The first-order valence-electron chi connectivity index (χ1n) is 11.5. The highest BCUT2D eigenvalue weighted by Crippen LogP contribution is 2.43. The molecule has 1 aromatic heterocycles. The summed E-state index contributed by atoms with van der Waals surface area (Å²) in [7, 11) is 1.59. The lowest BCUT2D eigenvalue weighted by molar-refractivity contribution is -0.132. The number of Topliss-reactive ketones (excluding diaryl/α,β-unsaturated/α-hetero) is 1. The number of rotatable bonds is 7. The number of methoxy groups -OCH3 is 1. The van der Waals surface area contributed by atoms with Crippen LogP contribution in [0.2, 0.25) is 0 Å². The van der Waals surface area contributed by atoms with Crippen LogP contribution >= 0.6 is 0 Å². The molecule has 7 heteroatoms. The number of nitrogens with zero attached hydrogens (tertiary/aromatic N) is 1. The van der Waals surface area contributed by atoms with E-state index in [-0.39, 0.29) is 17.3 Å². The van der Waals surface area contributed by atoms with Crippen molar-refractivity contribution in [2.75, 3.05) is 18.6 Å². The largest absolute Gasteiger partial charge is 0.507 e. The van der Waals surface area contributed by atoms with Crippen LogP contribution in [0, 0.1) is 6.92 Å². The fourth-order valence-electron chi connectivity index (χ4n) is 4.33. The van der Waals surface area contributed by atoms with Crippen molar-refractivity contribution in [3.05, 3.63) is 82.8 Å². The predicted molar refractivity (Wildman–Crippen MR) is 133 cm³/mol. The number of carbonyl (C=O) groups excluding carboxylic acids is 2. The average molecular weight is 476 g/mol. The second-order valence-corrected chi connectivity index (χ2v) is 8.66. The molecule has 35 heavy (non-hydrogen) atoms. The number of furan rings is 1. The highest BCUT2D eigenvalue weighted by molar-refractivity contribution is 6.51. The van der Waals surface area contributed by atoms with Gasteiger partial charge in [0.15, 0.2) is 0 Å². The summed E-state index contributed by atoms with van der Waals surface area (Å²) >= 11 is 0. The third kappa shape index (κ3) is 4.41. The van der Waals surface area contributed by atoms with Gasteiger partial charge in [-0.3, -0.25) is 14.5 Å². The number of anilines is 1. The van der Waals surface area contributed by atoms with Crippen LogP contribution in [-0.2, 0) is 9.59 Å². The first-order chi connectivity index (χ1) is 16.8. The van der Waals surface area contributed by atoms with Crippen LogP contribution in [0.1, 0.15) is 55.4 Å². The first kappa shape index (κ1) is 24.1. The van der Waals surface area contributed by atoms with E-state index in [0.717, 1.165) is 5.56 Å². The van der Waals surface area contributed by atoms with Crippen molar-refractivity contribution in [2.24, 2.45) is 0 Å². The number of aliphatic hydroxyl groups is 1. The van der Waals surface area contributed by atoms with E-state index in [2.05, 4.69) is 0 Å². The molecule has 1 amide bonds. The Kier molecular flexibility index (Phi) is 6.69. The second kappa shape index (κ2) is 9.70. The van der Waals surface area contributed by atoms with E-state index in [4.69, 9.17) is 13.9 Å². The lowest BCUT2D eigenvalue weighted by Crippen LogP contribution is -2.29. The van der Waals surface area contributed by atoms with Gasteiger partial charge in [0.25, 0.3) is 11.7 Å². The van der Waals surface area contributed by atoms with E-state index in [9.17, 15) is 14.7 Å². The molecule has 0 aliphatic carbocycles. The number of aryl methyl sites for hydroxylation is 1. The van der Waals surface area contributed by atoms with Gasteiger partial charge in [0.2, 0.25) is 0 Å². The molecule has 2 heterocycles. The zero-order valence-corrected chi connectivity index (χ0v) is 20.5. The van der Waals surface area contributed by atoms with Crippen molar-refractivity contribution in [1.82, 2.24) is 0 Å². The van der Waals surface area contributed by atoms with Crippen LogP contribution in [-0.4, -0.2) is 30.5 Å². The van der Waals surface area contributed by atoms with Crippen LogP contribution < -0.4 is 14.4 Å². The number of hydrogen-bond donors (Lipinski definition) is 1. The van der Waals surface area contributed by atoms with E-state index < -0.39 is 17.7 Å². The summed E-state index contributed by atoms with van der Waals surface area (Å²) in [5.41, 5.74) is 1.76.